The van der Waals surface area contributed by atoms with Gasteiger partial charge in [-0.15, -0.1) is 24.0 Å². The molecule has 1 aliphatic carbocycles. The summed E-state index contributed by atoms with van der Waals surface area (Å²) in [6.07, 6.45) is 10.2. The van der Waals surface area contributed by atoms with Crippen LogP contribution in [0, 0.1) is 11.8 Å². The second-order valence-electron chi connectivity index (χ2n) is 8.94. The van der Waals surface area contributed by atoms with Gasteiger partial charge in [0.2, 0.25) is 5.91 Å². The van der Waals surface area contributed by atoms with Crippen LogP contribution in [0.15, 0.2) is 29.3 Å². The molecule has 0 spiro atoms. The Kier molecular flexibility index (Phi) is 11.6. The summed E-state index contributed by atoms with van der Waals surface area (Å²) in [4.78, 5) is 18.2. The fourth-order valence-corrected chi connectivity index (χ4v) is 4.83. The molecular formula is C24H40IN5O. The van der Waals surface area contributed by atoms with E-state index in [1.165, 1.54) is 49.7 Å². The number of nitrogens with zero attached hydrogens (tertiary/aromatic N) is 2. The summed E-state index contributed by atoms with van der Waals surface area (Å²) in [5.41, 5.74) is 8.03. The number of carbonyl (C=O) groups is 1. The van der Waals surface area contributed by atoms with Crippen molar-refractivity contribution >= 4 is 35.8 Å². The number of halogens is 1. The maximum absolute atomic E-state index is 11.5. The van der Waals surface area contributed by atoms with Gasteiger partial charge in [-0.25, -0.2) is 0 Å². The highest BCUT2D eigenvalue weighted by Crippen LogP contribution is 2.28. The van der Waals surface area contributed by atoms with Crippen LogP contribution in [0.1, 0.15) is 62.5 Å². The molecule has 1 atom stereocenters. The third-order valence-electron chi connectivity index (χ3n) is 6.55. The summed E-state index contributed by atoms with van der Waals surface area (Å²) in [6.45, 7) is 4.40. The van der Waals surface area contributed by atoms with E-state index in [0.29, 0.717) is 0 Å². The Hall–Kier alpha value is -1.35. The van der Waals surface area contributed by atoms with Crippen LogP contribution in [-0.4, -0.2) is 43.4 Å². The number of nitrogens with one attached hydrogen (secondary N) is 2. The van der Waals surface area contributed by atoms with E-state index in [-0.39, 0.29) is 35.8 Å². The first kappa shape index (κ1) is 25.9. The molecule has 0 aromatic heterocycles. The van der Waals surface area contributed by atoms with Crippen LogP contribution in [-0.2, 0) is 17.9 Å². The predicted molar refractivity (Wildman–Crippen MR) is 138 cm³/mol. The SMILES string of the molecule is CN=C(NCCCC1CCCC1)NCc1cccc(CN2CCCC(C(N)=O)C2)c1.I. The molecule has 31 heavy (non-hydrogen) atoms. The number of guanidine groups is 1. The van der Waals surface area contributed by atoms with Gasteiger partial charge in [-0.05, 0) is 49.3 Å². The van der Waals surface area contributed by atoms with Gasteiger partial charge < -0.3 is 16.4 Å². The lowest BCUT2D eigenvalue weighted by molar-refractivity contribution is -0.123. The molecule has 2 fully saturated rings. The Balaban J connectivity index is 0.00000341. The van der Waals surface area contributed by atoms with E-state index in [1.54, 1.807) is 0 Å². The average molecular weight is 542 g/mol. The molecule has 0 bridgehead atoms. The highest BCUT2D eigenvalue weighted by Gasteiger charge is 2.23. The molecular weight excluding hydrogens is 501 g/mol. The summed E-state index contributed by atoms with van der Waals surface area (Å²) < 4.78 is 0. The van der Waals surface area contributed by atoms with Crippen molar-refractivity contribution < 1.29 is 4.79 Å². The molecule has 1 aromatic rings. The summed E-state index contributed by atoms with van der Waals surface area (Å²) in [5.74, 6) is 1.64. The van der Waals surface area contributed by atoms with E-state index in [1.807, 2.05) is 7.05 Å². The maximum atomic E-state index is 11.5. The van der Waals surface area contributed by atoms with Gasteiger partial charge in [0, 0.05) is 33.2 Å². The number of likely N-dealkylation sites (tertiary alicyclic amines) is 1. The molecule has 174 valence electrons. The van der Waals surface area contributed by atoms with Crippen LogP contribution in [0.25, 0.3) is 0 Å². The van der Waals surface area contributed by atoms with Crippen LogP contribution in [0.3, 0.4) is 0 Å². The highest BCUT2D eigenvalue weighted by molar-refractivity contribution is 14.0. The number of benzene rings is 1. The molecule has 7 heteroatoms. The van der Waals surface area contributed by atoms with Crippen molar-refractivity contribution in [3.8, 4) is 0 Å². The number of carbonyl (C=O) groups excluding carboxylic acids is 1. The Labute approximate surface area is 204 Å². The number of piperidine rings is 1. The van der Waals surface area contributed by atoms with Crippen LogP contribution in [0.4, 0.5) is 0 Å². The van der Waals surface area contributed by atoms with Gasteiger partial charge in [-0.3, -0.25) is 14.7 Å². The van der Waals surface area contributed by atoms with E-state index in [2.05, 4.69) is 44.8 Å². The van der Waals surface area contributed by atoms with Crippen molar-refractivity contribution in [2.24, 2.45) is 22.6 Å². The minimum atomic E-state index is -0.167. The molecule has 0 radical (unpaired) electrons. The Morgan fingerprint density at radius 3 is 2.68 bits per heavy atom. The predicted octanol–water partition coefficient (Wildman–Crippen LogP) is 3.64. The van der Waals surface area contributed by atoms with Gasteiger partial charge in [0.05, 0.1) is 5.92 Å². The second-order valence-corrected chi connectivity index (χ2v) is 8.94. The van der Waals surface area contributed by atoms with Gasteiger partial charge in [0.25, 0.3) is 0 Å². The smallest absolute Gasteiger partial charge is 0.221 e. The zero-order valence-corrected chi connectivity index (χ0v) is 21.3. The standard InChI is InChI=1S/C24H39N5O.HI/c1-26-24(27-13-5-11-19-7-2-3-8-19)28-16-20-9-4-10-21(15-20)17-29-14-6-12-22(18-29)23(25)30;/h4,9-10,15,19,22H,2-3,5-8,11-14,16-18H2,1H3,(H2,25,30)(H2,26,27,28);1H. The minimum absolute atomic E-state index is 0. The average Bonchev–Trinajstić information content (AvgIpc) is 3.27. The molecule has 2 aliphatic rings. The lowest BCUT2D eigenvalue weighted by atomic mass is 9.97. The quantitative estimate of drug-likeness (QED) is 0.193. The summed E-state index contributed by atoms with van der Waals surface area (Å²) in [7, 11) is 1.83. The van der Waals surface area contributed by atoms with Gasteiger partial charge in [-0.1, -0.05) is 49.9 Å². The van der Waals surface area contributed by atoms with Crippen molar-refractivity contribution in [3.63, 3.8) is 0 Å². The lowest BCUT2D eigenvalue weighted by Crippen LogP contribution is -2.40. The van der Waals surface area contributed by atoms with Crippen LogP contribution in [0.5, 0.6) is 0 Å². The van der Waals surface area contributed by atoms with E-state index >= 15 is 0 Å². The molecule has 1 aliphatic heterocycles. The minimum Gasteiger partial charge on any atom is -0.369 e. The molecule has 3 rings (SSSR count). The normalized spacial score (nSPS) is 20.3. The largest absolute Gasteiger partial charge is 0.369 e. The number of rotatable bonds is 9. The fourth-order valence-electron chi connectivity index (χ4n) is 4.83. The van der Waals surface area contributed by atoms with Crippen molar-refractivity contribution in [1.29, 1.82) is 0 Å². The van der Waals surface area contributed by atoms with Crippen LogP contribution >= 0.6 is 24.0 Å². The first-order valence-electron chi connectivity index (χ1n) is 11.7. The molecule has 1 saturated heterocycles. The van der Waals surface area contributed by atoms with Gasteiger partial charge in [-0.2, -0.15) is 0 Å². The molecule has 6 nitrogen and oxygen atoms in total. The lowest BCUT2D eigenvalue weighted by Gasteiger charge is -2.31. The van der Waals surface area contributed by atoms with Gasteiger partial charge >= 0.3 is 0 Å². The molecule has 1 saturated carbocycles. The molecule has 4 N–H and O–H groups in total. The number of aliphatic imine (C=N–C) groups is 1. The zero-order chi connectivity index (χ0) is 21.2. The molecule has 1 heterocycles. The van der Waals surface area contributed by atoms with Crippen LogP contribution < -0.4 is 16.4 Å². The first-order valence-corrected chi connectivity index (χ1v) is 11.7. The highest BCUT2D eigenvalue weighted by atomic mass is 127. The van der Waals surface area contributed by atoms with E-state index in [0.717, 1.165) is 57.4 Å². The maximum Gasteiger partial charge on any atom is 0.221 e. The van der Waals surface area contributed by atoms with Crippen molar-refractivity contribution in [2.75, 3.05) is 26.7 Å². The Morgan fingerprint density at radius 1 is 1.16 bits per heavy atom. The Morgan fingerprint density at radius 2 is 1.94 bits per heavy atom. The van der Waals surface area contributed by atoms with E-state index in [9.17, 15) is 4.79 Å². The number of primary amides is 1. The summed E-state index contributed by atoms with van der Waals surface area (Å²) in [6, 6.07) is 8.66. The van der Waals surface area contributed by atoms with Gasteiger partial charge in [0.15, 0.2) is 5.96 Å². The van der Waals surface area contributed by atoms with Gasteiger partial charge in [0.1, 0.15) is 0 Å². The third-order valence-corrected chi connectivity index (χ3v) is 6.55. The number of nitrogens with two attached hydrogens (primary N) is 1. The van der Waals surface area contributed by atoms with Crippen molar-refractivity contribution in [3.05, 3.63) is 35.4 Å². The monoisotopic (exact) mass is 541 g/mol. The van der Waals surface area contributed by atoms with E-state index < -0.39 is 0 Å². The number of hydrogen-bond acceptors (Lipinski definition) is 3. The summed E-state index contributed by atoms with van der Waals surface area (Å²) >= 11 is 0. The van der Waals surface area contributed by atoms with Crippen LogP contribution in [0.2, 0.25) is 0 Å². The Bertz CT molecular complexity index is 705. The zero-order valence-electron chi connectivity index (χ0n) is 18.9. The van der Waals surface area contributed by atoms with Crippen molar-refractivity contribution in [2.45, 2.75) is 64.5 Å². The van der Waals surface area contributed by atoms with E-state index in [4.69, 9.17) is 5.73 Å². The molecule has 1 amide bonds. The number of amides is 1. The topological polar surface area (TPSA) is 82.8 Å². The number of hydrogen-bond donors (Lipinski definition) is 3. The molecule has 1 unspecified atom stereocenters. The fraction of sp³-hybridized carbons (Fsp3) is 0.667. The molecule has 1 aromatic carbocycles. The second kappa shape index (κ2) is 13.9. The third kappa shape index (κ3) is 8.96. The summed E-state index contributed by atoms with van der Waals surface area (Å²) in [5, 5.41) is 6.88. The van der Waals surface area contributed by atoms with Crippen molar-refractivity contribution in [1.82, 2.24) is 15.5 Å². The first-order chi connectivity index (χ1) is 14.6.